The monoisotopic (exact) mass is 360 g/mol. The summed E-state index contributed by atoms with van der Waals surface area (Å²) in [5.74, 6) is -0.416. The summed E-state index contributed by atoms with van der Waals surface area (Å²) in [7, 11) is 0. The van der Waals surface area contributed by atoms with Gasteiger partial charge in [-0.2, -0.15) is 0 Å². The lowest BCUT2D eigenvalue weighted by Crippen LogP contribution is -2.42. The average molecular weight is 360 g/mol. The Hall–Kier alpha value is -2.35. The molecule has 1 aliphatic carbocycles. The van der Waals surface area contributed by atoms with Crippen molar-refractivity contribution in [2.75, 3.05) is 6.54 Å². The van der Waals surface area contributed by atoms with Gasteiger partial charge in [0.15, 0.2) is 5.16 Å². The highest BCUT2D eigenvalue weighted by Crippen LogP contribution is 2.37. The molecule has 7 nitrogen and oxygen atoms in total. The molecule has 1 heterocycles. The first-order valence-electron chi connectivity index (χ1n) is 8.28. The molecule has 1 aromatic carbocycles. The van der Waals surface area contributed by atoms with Crippen LogP contribution < -0.4 is 16.2 Å². The molecule has 0 saturated heterocycles. The number of amides is 3. The number of carbonyl (C=O) groups is 2. The highest BCUT2D eigenvalue weighted by atomic mass is 32.2. The van der Waals surface area contributed by atoms with Crippen molar-refractivity contribution in [3.63, 3.8) is 0 Å². The van der Waals surface area contributed by atoms with Crippen molar-refractivity contribution < 1.29 is 9.59 Å². The number of thioether (sulfide) groups is 1. The Balaban J connectivity index is 1.87. The number of hydrogen-bond acceptors (Lipinski definition) is 5. The number of benzene rings is 1. The summed E-state index contributed by atoms with van der Waals surface area (Å²) in [6.45, 7) is 3.90. The van der Waals surface area contributed by atoms with Crippen LogP contribution in [0.15, 0.2) is 34.2 Å². The average Bonchev–Trinajstić information content (AvgIpc) is 3.40. The number of aromatic nitrogens is 2. The molecule has 2 aromatic rings. The standard InChI is InChI=1S/C17H20N4O3S/c1-3-18-16(24)20-14(22)10(2)25-17-19-13-7-5-4-6-12(13)15(23)21(17)11-8-9-11/h4-7,10-11H,3,8-9H2,1-2H3,(H2,18,20,22,24)/t10-/m1/s1. The molecule has 25 heavy (non-hydrogen) atoms. The van der Waals surface area contributed by atoms with Crippen molar-refractivity contribution in [2.24, 2.45) is 0 Å². The second kappa shape index (κ2) is 7.26. The molecular weight excluding hydrogens is 340 g/mol. The van der Waals surface area contributed by atoms with Gasteiger partial charge in [-0.25, -0.2) is 9.78 Å². The zero-order chi connectivity index (χ0) is 18.0. The summed E-state index contributed by atoms with van der Waals surface area (Å²) < 4.78 is 1.68. The molecule has 132 valence electrons. The number of carbonyl (C=O) groups excluding carboxylic acids is 2. The van der Waals surface area contributed by atoms with Crippen molar-refractivity contribution in [3.05, 3.63) is 34.6 Å². The zero-order valence-electron chi connectivity index (χ0n) is 14.1. The molecule has 0 aliphatic heterocycles. The van der Waals surface area contributed by atoms with E-state index in [9.17, 15) is 14.4 Å². The van der Waals surface area contributed by atoms with Crippen LogP contribution in [0.25, 0.3) is 10.9 Å². The van der Waals surface area contributed by atoms with Gasteiger partial charge in [0.25, 0.3) is 5.56 Å². The number of fused-ring (bicyclic) bond motifs is 1. The Morgan fingerprint density at radius 1 is 1.36 bits per heavy atom. The van der Waals surface area contributed by atoms with E-state index in [-0.39, 0.29) is 11.6 Å². The van der Waals surface area contributed by atoms with Gasteiger partial charge in [0, 0.05) is 12.6 Å². The van der Waals surface area contributed by atoms with Crippen LogP contribution in [-0.2, 0) is 4.79 Å². The van der Waals surface area contributed by atoms with E-state index >= 15 is 0 Å². The van der Waals surface area contributed by atoms with Crippen LogP contribution >= 0.6 is 11.8 Å². The van der Waals surface area contributed by atoms with E-state index < -0.39 is 17.2 Å². The minimum absolute atomic E-state index is 0.0769. The molecule has 0 bridgehead atoms. The number of rotatable bonds is 5. The van der Waals surface area contributed by atoms with Crippen molar-refractivity contribution in [1.29, 1.82) is 0 Å². The largest absolute Gasteiger partial charge is 0.338 e. The Morgan fingerprint density at radius 2 is 2.08 bits per heavy atom. The SMILES string of the molecule is CCNC(=O)NC(=O)[C@@H](C)Sc1nc2ccccc2c(=O)n1C1CC1. The third-order valence-electron chi connectivity index (χ3n) is 3.91. The maximum atomic E-state index is 12.8. The van der Waals surface area contributed by atoms with E-state index in [4.69, 9.17) is 0 Å². The van der Waals surface area contributed by atoms with Crippen molar-refractivity contribution in [1.82, 2.24) is 20.2 Å². The lowest BCUT2D eigenvalue weighted by molar-refractivity contribution is -0.119. The molecule has 0 unspecified atom stereocenters. The molecule has 0 spiro atoms. The van der Waals surface area contributed by atoms with Gasteiger partial charge < -0.3 is 5.32 Å². The Bertz CT molecular complexity index is 876. The molecule has 2 N–H and O–H groups in total. The fraction of sp³-hybridized carbons (Fsp3) is 0.412. The predicted molar refractivity (Wildman–Crippen MR) is 96.8 cm³/mol. The predicted octanol–water partition coefficient (Wildman–Crippen LogP) is 2.06. The number of imide groups is 1. The summed E-state index contributed by atoms with van der Waals surface area (Å²) in [4.78, 5) is 41.0. The van der Waals surface area contributed by atoms with Crippen molar-refractivity contribution in [3.8, 4) is 0 Å². The van der Waals surface area contributed by atoms with E-state index in [2.05, 4.69) is 15.6 Å². The van der Waals surface area contributed by atoms with Gasteiger partial charge in [-0.05, 0) is 38.8 Å². The third-order valence-corrected chi connectivity index (χ3v) is 4.98. The van der Waals surface area contributed by atoms with Crippen molar-refractivity contribution in [2.45, 2.75) is 43.1 Å². The fourth-order valence-corrected chi connectivity index (χ4v) is 3.47. The van der Waals surface area contributed by atoms with Crippen LogP contribution in [0.5, 0.6) is 0 Å². The van der Waals surface area contributed by atoms with E-state index in [1.165, 1.54) is 11.8 Å². The summed E-state index contributed by atoms with van der Waals surface area (Å²) in [6, 6.07) is 6.82. The van der Waals surface area contributed by atoms with Crippen LogP contribution in [0.2, 0.25) is 0 Å². The lowest BCUT2D eigenvalue weighted by atomic mass is 10.2. The molecule has 8 heteroatoms. The maximum absolute atomic E-state index is 12.8. The number of nitrogens with one attached hydrogen (secondary N) is 2. The summed E-state index contributed by atoms with van der Waals surface area (Å²) in [6.07, 6.45) is 1.87. The molecular formula is C17H20N4O3S. The number of para-hydroxylation sites is 1. The van der Waals surface area contributed by atoms with Crippen LogP contribution in [0.4, 0.5) is 4.79 Å². The molecule has 3 amide bonds. The van der Waals surface area contributed by atoms with E-state index in [1.54, 1.807) is 30.5 Å². The van der Waals surface area contributed by atoms with E-state index in [1.807, 2.05) is 12.1 Å². The second-order valence-corrected chi connectivity index (χ2v) is 7.23. The molecule has 3 rings (SSSR count). The minimum Gasteiger partial charge on any atom is -0.338 e. The van der Waals surface area contributed by atoms with Crippen LogP contribution in [-0.4, -0.2) is 33.3 Å². The van der Waals surface area contributed by atoms with Crippen LogP contribution in [0.3, 0.4) is 0 Å². The van der Waals surface area contributed by atoms with Gasteiger partial charge in [0.2, 0.25) is 5.91 Å². The van der Waals surface area contributed by atoms with Gasteiger partial charge in [-0.15, -0.1) is 0 Å². The lowest BCUT2D eigenvalue weighted by Gasteiger charge is -2.15. The molecule has 1 aliphatic rings. The molecule has 1 aromatic heterocycles. The van der Waals surface area contributed by atoms with Gasteiger partial charge in [0.05, 0.1) is 16.2 Å². The first-order valence-corrected chi connectivity index (χ1v) is 9.16. The Kier molecular flexibility index (Phi) is 5.08. The molecule has 1 fully saturated rings. The van der Waals surface area contributed by atoms with Crippen molar-refractivity contribution >= 4 is 34.6 Å². The van der Waals surface area contributed by atoms with Crippen LogP contribution in [0.1, 0.15) is 32.7 Å². The van der Waals surface area contributed by atoms with Crippen LogP contribution in [0, 0.1) is 0 Å². The molecule has 1 atom stereocenters. The first kappa shape index (κ1) is 17.5. The summed E-state index contributed by atoms with van der Waals surface area (Å²) in [5.41, 5.74) is 0.537. The zero-order valence-corrected chi connectivity index (χ0v) is 14.9. The minimum atomic E-state index is -0.555. The maximum Gasteiger partial charge on any atom is 0.321 e. The highest BCUT2D eigenvalue weighted by Gasteiger charge is 2.30. The number of hydrogen-bond donors (Lipinski definition) is 2. The Morgan fingerprint density at radius 3 is 2.76 bits per heavy atom. The fourth-order valence-electron chi connectivity index (χ4n) is 2.49. The van der Waals surface area contributed by atoms with Gasteiger partial charge in [-0.3, -0.25) is 19.5 Å². The summed E-state index contributed by atoms with van der Waals surface area (Å²) in [5, 5.41) is 5.35. The quantitative estimate of drug-likeness (QED) is 0.629. The van der Waals surface area contributed by atoms with Gasteiger partial charge in [0.1, 0.15) is 0 Å². The second-order valence-electron chi connectivity index (χ2n) is 5.93. The number of nitrogens with zero attached hydrogens (tertiary/aromatic N) is 2. The first-order chi connectivity index (χ1) is 12.0. The van der Waals surface area contributed by atoms with Gasteiger partial charge in [-0.1, -0.05) is 23.9 Å². The van der Waals surface area contributed by atoms with E-state index in [0.29, 0.717) is 22.6 Å². The van der Waals surface area contributed by atoms with E-state index in [0.717, 1.165) is 12.8 Å². The Labute approximate surface area is 149 Å². The highest BCUT2D eigenvalue weighted by molar-refractivity contribution is 8.00. The number of urea groups is 1. The molecule has 1 saturated carbocycles. The smallest absolute Gasteiger partial charge is 0.321 e. The van der Waals surface area contributed by atoms with Gasteiger partial charge >= 0.3 is 6.03 Å². The third kappa shape index (κ3) is 3.84. The molecule has 0 radical (unpaired) electrons. The normalized spacial score (nSPS) is 15.0. The summed E-state index contributed by atoms with van der Waals surface area (Å²) >= 11 is 1.20. The topological polar surface area (TPSA) is 93.1 Å².